The second kappa shape index (κ2) is 5.40. The number of likely N-dealkylation sites (N-methyl/N-ethyl adjacent to an activating group) is 1. The Balaban J connectivity index is 2.27. The maximum Gasteiger partial charge on any atom is 0.241 e. The van der Waals surface area contributed by atoms with E-state index >= 15 is 0 Å². The number of nitrogen functional groups attached to an aromatic ring is 1. The molecule has 1 aromatic carbocycles. The smallest absolute Gasteiger partial charge is 0.241 e. The lowest BCUT2D eigenvalue weighted by molar-refractivity contribution is 0.407. The van der Waals surface area contributed by atoms with Gasteiger partial charge in [-0.1, -0.05) is 0 Å². The van der Waals surface area contributed by atoms with E-state index in [-0.39, 0.29) is 10.9 Å². The summed E-state index contributed by atoms with van der Waals surface area (Å²) in [4.78, 5) is 2.36. The molecular weight excluding hydrogens is 330 g/mol. The Bertz CT molecular complexity index is 589. The van der Waals surface area contributed by atoms with Crippen LogP contribution in [0.3, 0.4) is 0 Å². The monoisotopic (exact) mass is 347 g/mol. The summed E-state index contributed by atoms with van der Waals surface area (Å²) in [7, 11) is -1.53. The number of halogens is 1. The summed E-state index contributed by atoms with van der Waals surface area (Å²) in [5.74, 6) is 0. The number of nitrogens with two attached hydrogens (primary N) is 1. The summed E-state index contributed by atoms with van der Waals surface area (Å²) in [6.45, 7) is 3.42. The van der Waals surface area contributed by atoms with Crippen molar-refractivity contribution in [2.24, 2.45) is 0 Å². The summed E-state index contributed by atoms with van der Waals surface area (Å²) in [6.07, 6.45) is 0.834. The molecule has 0 spiro atoms. The topological polar surface area (TPSA) is 75.4 Å². The molecule has 1 saturated heterocycles. The number of sulfonamides is 1. The van der Waals surface area contributed by atoms with Gasteiger partial charge in [0.15, 0.2) is 0 Å². The van der Waals surface area contributed by atoms with E-state index in [0.717, 1.165) is 19.5 Å². The van der Waals surface area contributed by atoms with Crippen LogP contribution in [0.4, 0.5) is 5.69 Å². The van der Waals surface area contributed by atoms with E-state index in [9.17, 15) is 8.42 Å². The second-order valence-electron chi connectivity index (χ2n) is 5.01. The number of hydrogen-bond acceptors (Lipinski definition) is 4. The molecule has 0 aliphatic carbocycles. The minimum absolute atomic E-state index is 0.0285. The van der Waals surface area contributed by atoms with Crippen LogP contribution < -0.4 is 10.5 Å². The van der Waals surface area contributed by atoms with Crippen LogP contribution in [0.5, 0.6) is 0 Å². The van der Waals surface area contributed by atoms with E-state index in [1.165, 1.54) is 6.07 Å². The molecule has 106 valence electrons. The predicted molar refractivity (Wildman–Crippen MR) is 79.5 cm³/mol. The summed E-state index contributed by atoms with van der Waals surface area (Å²) in [6, 6.07) is 3.20. The van der Waals surface area contributed by atoms with E-state index in [2.05, 4.69) is 25.6 Å². The van der Waals surface area contributed by atoms with Crippen LogP contribution in [0.2, 0.25) is 0 Å². The minimum atomic E-state index is -3.51. The van der Waals surface area contributed by atoms with Gasteiger partial charge in [0.05, 0.1) is 4.90 Å². The highest BCUT2D eigenvalue weighted by atomic mass is 79.9. The Hall–Kier alpha value is -0.630. The first-order chi connectivity index (χ1) is 8.79. The first-order valence-corrected chi connectivity index (χ1v) is 8.33. The van der Waals surface area contributed by atoms with Crippen molar-refractivity contribution in [3.63, 3.8) is 0 Å². The van der Waals surface area contributed by atoms with Gasteiger partial charge in [0.25, 0.3) is 0 Å². The van der Waals surface area contributed by atoms with Gasteiger partial charge < -0.3 is 10.6 Å². The fourth-order valence-electron chi connectivity index (χ4n) is 2.27. The molecule has 19 heavy (non-hydrogen) atoms. The van der Waals surface area contributed by atoms with Gasteiger partial charge in [0.1, 0.15) is 0 Å². The molecule has 1 aromatic rings. The Kier molecular flexibility index (Phi) is 4.20. The molecule has 1 aliphatic rings. The predicted octanol–water partition coefficient (Wildman–Crippen LogP) is 1.32. The molecule has 0 bridgehead atoms. The lowest BCUT2D eigenvalue weighted by atomic mass is 10.2. The first-order valence-electron chi connectivity index (χ1n) is 6.06. The maximum atomic E-state index is 12.4. The van der Waals surface area contributed by atoms with Crippen LogP contribution in [0.15, 0.2) is 21.5 Å². The molecule has 1 heterocycles. The third-order valence-corrected chi connectivity index (χ3v) is 5.65. The first kappa shape index (κ1) is 14.8. The standard InChI is InChI=1S/C12H18BrN3O2S/c1-8-5-10(13)11(14)6-12(8)19(17,18)15-9-3-4-16(2)7-9/h5-6,9,15H,3-4,7,14H2,1-2H3. The van der Waals surface area contributed by atoms with Gasteiger partial charge in [0.2, 0.25) is 10.0 Å². The summed E-state index contributed by atoms with van der Waals surface area (Å²) >= 11 is 3.30. The zero-order valence-electron chi connectivity index (χ0n) is 11.0. The molecule has 1 fully saturated rings. The van der Waals surface area contributed by atoms with Crippen LogP contribution in [-0.2, 0) is 10.0 Å². The molecule has 3 N–H and O–H groups in total. The molecule has 0 saturated carbocycles. The van der Waals surface area contributed by atoms with Gasteiger partial charge in [0, 0.05) is 22.7 Å². The van der Waals surface area contributed by atoms with Crippen molar-refractivity contribution < 1.29 is 8.42 Å². The minimum Gasteiger partial charge on any atom is -0.398 e. The number of aryl methyl sites for hydroxylation is 1. The number of nitrogens with zero attached hydrogens (tertiary/aromatic N) is 1. The van der Waals surface area contributed by atoms with Crippen molar-refractivity contribution in [3.8, 4) is 0 Å². The Morgan fingerprint density at radius 2 is 2.16 bits per heavy atom. The van der Waals surface area contributed by atoms with Gasteiger partial charge in [-0.3, -0.25) is 0 Å². The fraction of sp³-hybridized carbons (Fsp3) is 0.500. The molecule has 2 rings (SSSR count). The van der Waals surface area contributed by atoms with Gasteiger partial charge in [-0.05, 0) is 60.6 Å². The maximum absolute atomic E-state index is 12.4. The van der Waals surface area contributed by atoms with E-state index < -0.39 is 10.0 Å². The zero-order valence-corrected chi connectivity index (χ0v) is 13.4. The van der Waals surface area contributed by atoms with E-state index in [1.54, 1.807) is 13.0 Å². The van der Waals surface area contributed by atoms with Crippen molar-refractivity contribution in [2.75, 3.05) is 25.9 Å². The quantitative estimate of drug-likeness (QED) is 0.808. The number of likely N-dealkylation sites (tertiary alicyclic amines) is 1. The summed E-state index contributed by atoms with van der Waals surface area (Å²) in [5, 5.41) is 0. The van der Waals surface area contributed by atoms with Crippen LogP contribution in [0.1, 0.15) is 12.0 Å². The van der Waals surface area contributed by atoms with Gasteiger partial charge >= 0.3 is 0 Å². The van der Waals surface area contributed by atoms with E-state index in [4.69, 9.17) is 5.73 Å². The van der Waals surface area contributed by atoms with E-state index in [0.29, 0.717) is 15.7 Å². The van der Waals surface area contributed by atoms with Crippen LogP contribution in [0.25, 0.3) is 0 Å². The van der Waals surface area contributed by atoms with Crippen LogP contribution >= 0.6 is 15.9 Å². The highest BCUT2D eigenvalue weighted by Gasteiger charge is 2.26. The molecule has 1 atom stereocenters. The molecule has 0 amide bonds. The molecule has 7 heteroatoms. The highest BCUT2D eigenvalue weighted by molar-refractivity contribution is 9.10. The Labute approximate surface area is 122 Å². The molecule has 0 aromatic heterocycles. The molecule has 1 aliphatic heterocycles. The molecule has 1 unspecified atom stereocenters. The van der Waals surface area contributed by atoms with Crippen LogP contribution in [-0.4, -0.2) is 39.5 Å². The highest BCUT2D eigenvalue weighted by Crippen LogP contribution is 2.27. The molecular formula is C12H18BrN3O2S. The van der Waals surface area contributed by atoms with Crippen molar-refractivity contribution in [1.29, 1.82) is 0 Å². The largest absolute Gasteiger partial charge is 0.398 e. The van der Waals surface area contributed by atoms with Crippen molar-refractivity contribution in [1.82, 2.24) is 9.62 Å². The number of anilines is 1. The summed E-state index contributed by atoms with van der Waals surface area (Å²) < 4.78 is 28.2. The lowest BCUT2D eigenvalue weighted by Crippen LogP contribution is -2.36. The number of rotatable bonds is 3. The van der Waals surface area contributed by atoms with Gasteiger partial charge in [-0.25, -0.2) is 13.1 Å². The average molecular weight is 348 g/mol. The SMILES string of the molecule is Cc1cc(Br)c(N)cc1S(=O)(=O)NC1CCN(C)C1. The van der Waals surface area contributed by atoms with Crippen molar-refractivity contribution in [2.45, 2.75) is 24.3 Å². The average Bonchev–Trinajstić information content (AvgIpc) is 2.68. The third kappa shape index (κ3) is 3.28. The van der Waals surface area contributed by atoms with Crippen molar-refractivity contribution in [3.05, 3.63) is 22.2 Å². The fourth-order valence-corrected chi connectivity index (χ4v) is 4.25. The Morgan fingerprint density at radius 3 is 2.74 bits per heavy atom. The summed E-state index contributed by atoms with van der Waals surface area (Å²) in [5.41, 5.74) is 6.88. The normalized spacial score (nSPS) is 20.9. The molecule has 0 radical (unpaired) electrons. The number of hydrogen-bond donors (Lipinski definition) is 2. The molecule has 5 nitrogen and oxygen atoms in total. The Morgan fingerprint density at radius 1 is 1.47 bits per heavy atom. The van der Waals surface area contributed by atoms with Gasteiger partial charge in [-0.2, -0.15) is 0 Å². The zero-order chi connectivity index (χ0) is 14.2. The van der Waals surface area contributed by atoms with Gasteiger partial charge in [-0.15, -0.1) is 0 Å². The van der Waals surface area contributed by atoms with Crippen molar-refractivity contribution >= 4 is 31.6 Å². The third-order valence-electron chi connectivity index (χ3n) is 3.30. The lowest BCUT2D eigenvalue weighted by Gasteiger charge is -2.15. The van der Waals surface area contributed by atoms with Crippen LogP contribution in [0, 0.1) is 6.92 Å². The second-order valence-corrected chi connectivity index (χ2v) is 7.55. The van der Waals surface area contributed by atoms with E-state index in [1.807, 2.05) is 7.05 Å². The number of nitrogens with one attached hydrogen (secondary N) is 1. The number of benzene rings is 1.